The Morgan fingerprint density at radius 1 is 1.00 bits per heavy atom. The van der Waals surface area contributed by atoms with E-state index in [1.54, 1.807) is 25.4 Å². The van der Waals surface area contributed by atoms with Crippen LogP contribution in [0.2, 0.25) is 0 Å². The van der Waals surface area contributed by atoms with Gasteiger partial charge in [-0.25, -0.2) is 4.79 Å². The minimum Gasteiger partial charge on any atom is -0.497 e. The number of pyridine rings is 1. The van der Waals surface area contributed by atoms with Crippen LogP contribution in [0.25, 0.3) is 0 Å². The predicted molar refractivity (Wildman–Crippen MR) is 97.7 cm³/mol. The molecule has 2 N–H and O–H groups in total. The number of carbonyl (C=O) groups excluding carboxylic acids is 1. The monoisotopic (exact) mass is 333 g/mol. The zero-order valence-electron chi connectivity index (χ0n) is 13.8. The minimum absolute atomic E-state index is 0.312. The Morgan fingerprint density at radius 2 is 1.80 bits per heavy atom. The fourth-order valence-corrected chi connectivity index (χ4v) is 2.52. The van der Waals surface area contributed by atoms with Gasteiger partial charge in [0.1, 0.15) is 5.75 Å². The molecule has 2 amide bonds. The van der Waals surface area contributed by atoms with Crippen LogP contribution >= 0.6 is 0 Å². The van der Waals surface area contributed by atoms with Crippen molar-refractivity contribution in [2.75, 3.05) is 12.4 Å². The molecule has 1 aromatic heterocycles. The highest BCUT2D eigenvalue weighted by Crippen LogP contribution is 2.21. The molecular formula is C20H19N3O2. The van der Waals surface area contributed by atoms with Crippen molar-refractivity contribution in [3.05, 3.63) is 90.3 Å². The lowest BCUT2D eigenvalue weighted by molar-refractivity contribution is 0.250. The number of amides is 2. The van der Waals surface area contributed by atoms with Crippen LogP contribution in [0.3, 0.4) is 0 Å². The molecule has 2 aromatic carbocycles. The quantitative estimate of drug-likeness (QED) is 0.742. The van der Waals surface area contributed by atoms with E-state index in [4.69, 9.17) is 4.74 Å². The molecule has 3 rings (SSSR count). The fourth-order valence-electron chi connectivity index (χ4n) is 2.52. The van der Waals surface area contributed by atoms with Gasteiger partial charge in [0.15, 0.2) is 0 Å². The molecule has 0 radical (unpaired) electrons. The highest BCUT2D eigenvalue weighted by atomic mass is 16.5. The number of anilines is 1. The normalized spacial score (nSPS) is 11.4. The topological polar surface area (TPSA) is 63.2 Å². The zero-order valence-corrected chi connectivity index (χ0v) is 13.8. The first-order valence-corrected chi connectivity index (χ1v) is 7.94. The van der Waals surface area contributed by atoms with Crippen LogP contribution in [0.5, 0.6) is 5.75 Å². The molecule has 0 saturated heterocycles. The molecule has 0 aliphatic carbocycles. The van der Waals surface area contributed by atoms with Crippen molar-refractivity contribution < 1.29 is 9.53 Å². The van der Waals surface area contributed by atoms with E-state index in [1.807, 2.05) is 60.7 Å². The van der Waals surface area contributed by atoms with E-state index in [0.29, 0.717) is 11.4 Å². The number of methoxy groups -OCH3 is 1. The molecule has 0 saturated carbocycles. The summed E-state index contributed by atoms with van der Waals surface area (Å²) in [6.45, 7) is 0. The summed E-state index contributed by atoms with van der Waals surface area (Å²) in [4.78, 5) is 16.9. The molecule has 0 spiro atoms. The number of hydrogen-bond donors (Lipinski definition) is 2. The lowest BCUT2D eigenvalue weighted by atomic mass is 10.0. The third-order valence-electron chi connectivity index (χ3n) is 3.72. The maximum atomic E-state index is 12.5. The SMILES string of the molecule is COc1cccc(NC(=O)N[C@H](c2ccccc2)c2ccccn2)c1. The highest BCUT2D eigenvalue weighted by Gasteiger charge is 2.17. The van der Waals surface area contributed by atoms with Gasteiger partial charge < -0.3 is 15.4 Å². The molecule has 0 fully saturated rings. The Balaban J connectivity index is 1.79. The number of urea groups is 1. The van der Waals surface area contributed by atoms with Crippen LogP contribution in [-0.4, -0.2) is 18.1 Å². The maximum absolute atomic E-state index is 12.5. The van der Waals surface area contributed by atoms with Gasteiger partial charge in [-0.1, -0.05) is 42.5 Å². The van der Waals surface area contributed by atoms with Gasteiger partial charge in [0.2, 0.25) is 0 Å². The summed E-state index contributed by atoms with van der Waals surface area (Å²) >= 11 is 0. The second-order valence-corrected chi connectivity index (χ2v) is 5.43. The van der Waals surface area contributed by atoms with Crippen LogP contribution in [0.15, 0.2) is 79.0 Å². The first kappa shape index (κ1) is 16.5. The lowest BCUT2D eigenvalue weighted by Crippen LogP contribution is -2.33. The Kier molecular flexibility index (Phi) is 5.26. The maximum Gasteiger partial charge on any atom is 0.320 e. The number of rotatable bonds is 5. The molecule has 1 atom stereocenters. The smallest absolute Gasteiger partial charge is 0.320 e. The van der Waals surface area contributed by atoms with Crippen LogP contribution in [-0.2, 0) is 0 Å². The van der Waals surface area contributed by atoms with Gasteiger partial charge in [0.25, 0.3) is 0 Å². The molecule has 126 valence electrons. The van der Waals surface area contributed by atoms with Crippen molar-refractivity contribution >= 4 is 11.7 Å². The van der Waals surface area contributed by atoms with Gasteiger partial charge in [-0.15, -0.1) is 0 Å². The van der Waals surface area contributed by atoms with E-state index in [1.165, 1.54) is 0 Å². The second kappa shape index (κ2) is 7.97. The summed E-state index contributed by atoms with van der Waals surface area (Å²) in [5.41, 5.74) is 2.39. The molecule has 25 heavy (non-hydrogen) atoms. The van der Waals surface area contributed by atoms with Crippen molar-refractivity contribution in [2.45, 2.75) is 6.04 Å². The largest absolute Gasteiger partial charge is 0.497 e. The number of aromatic nitrogens is 1. The molecule has 0 aliphatic rings. The lowest BCUT2D eigenvalue weighted by Gasteiger charge is -2.19. The summed E-state index contributed by atoms with van der Waals surface area (Å²) in [6.07, 6.45) is 1.72. The summed E-state index contributed by atoms with van der Waals surface area (Å²) in [6, 6.07) is 21.9. The Labute approximate surface area is 146 Å². The van der Waals surface area contributed by atoms with E-state index in [-0.39, 0.29) is 12.1 Å². The average molecular weight is 333 g/mol. The van der Waals surface area contributed by atoms with E-state index < -0.39 is 0 Å². The summed E-state index contributed by atoms with van der Waals surface area (Å²) in [7, 11) is 1.59. The van der Waals surface area contributed by atoms with Crippen LogP contribution < -0.4 is 15.4 Å². The molecule has 5 nitrogen and oxygen atoms in total. The van der Waals surface area contributed by atoms with Crippen molar-refractivity contribution in [1.29, 1.82) is 0 Å². The molecular weight excluding hydrogens is 314 g/mol. The Morgan fingerprint density at radius 3 is 2.52 bits per heavy atom. The molecule has 5 heteroatoms. The molecule has 3 aromatic rings. The molecule has 0 bridgehead atoms. The first-order valence-electron chi connectivity index (χ1n) is 7.94. The first-order chi connectivity index (χ1) is 12.3. The third-order valence-corrected chi connectivity index (χ3v) is 3.72. The zero-order chi connectivity index (χ0) is 17.5. The number of ether oxygens (including phenoxy) is 1. The predicted octanol–water partition coefficient (Wildman–Crippen LogP) is 4.00. The average Bonchev–Trinajstić information content (AvgIpc) is 2.67. The number of nitrogens with one attached hydrogen (secondary N) is 2. The Hall–Kier alpha value is -3.34. The van der Waals surface area contributed by atoms with Gasteiger partial charge in [0.05, 0.1) is 18.8 Å². The van der Waals surface area contributed by atoms with Gasteiger partial charge in [-0.05, 0) is 29.8 Å². The number of hydrogen-bond acceptors (Lipinski definition) is 3. The molecule has 1 heterocycles. The van der Waals surface area contributed by atoms with Crippen LogP contribution in [0, 0.1) is 0 Å². The van der Waals surface area contributed by atoms with Crippen molar-refractivity contribution in [2.24, 2.45) is 0 Å². The van der Waals surface area contributed by atoms with Gasteiger partial charge in [0, 0.05) is 18.0 Å². The number of benzene rings is 2. The van der Waals surface area contributed by atoms with E-state index in [2.05, 4.69) is 15.6 Å². The molecule has 0 unspecified atom stereocenters. The summed E-state index contributed by atoms with van der Waals surface area (Å²) in [5.74, 6) is 0.683. The fraction of sp³-hybridized carbons (Fsp3) is 0.100. The minimum atomic E-state index is -0.340. The standard InChI is InChI=1S/C20H19N3O2/c1-25-17-11-7-10-16(14-17)22-20(24)23-19(15-8-3-2-4-9-15)18-12-5-6-13-21-18/h2-14,19H,1H3,(H2,22,23,24)/t19-/m1/s1. The van der Waals surface area contributed by atoms with Gasteiger partial charge in [-0.2, -0.15) is 0 Å². The second-order valence-electron chi connectivity index (χ2n) is 5.43. The van der Waals surface area contributed by atoms with E-state index in [9.17, 15) is 4.79 Å². The van der Waals surface area contributed by atoms with Gasteiger partial charge in [-0.3, -0.25) is 4.98 Å². The third kappa shape index (κ3) is 4.35. The molecule has 0 aliphatic heterocycles. The Bertz CT molecular complexity index is 783. The van der Waals surface area contributed by atoms with Crippen LogP contribution in [0.4, 0.5) is 10.5 Å². The van der Waals surface area contributed by atoms with E-state index in [0.717, 1.165) is 11.3 Å². The number of carbonyl (C=O) groups is 1. The van der Waals surface area contributed by atoms with Gasteiger partial charge >= 0.3 is 6.03 Å². The number of nitrogens with zero attached hydrogens (tertiary/aromatic N) is 1. The highest BCUT2D eigenvalue weighted by molar-refractivity contribution is 5.90. The van der Waals surface area contributed by atoms with Crippen molar-refractivity contribution in [1.82, 2.24) is 10.3 Å². The summed E-state index contributed by atoms with van der Waals surface area (Å²) in [5, 5.41) is 5.81. The van der Waals surface area contributed by atoms with Crippen molar-refractivity contribution in [3.63, 3.8) is 0 Å². The van der Waals surface area contributed by atoms with E-state index >= 15 is 0 Å². The van der Waals surface area contributed by atoms with Crippen LogP contribution in [0.1, 0.15) is 17.3 Å². The van der Waals surface area contributed by atoms with Crippen molar-refractivity contribution in [3.8, 4) is 5.75 Å². The summed E-state index contributed by atoms with van der Waals surface area (Å²) < 4.78 is 5.17.